The maximum Gasteiger partial charge on any atom is 0.338 e. The van der Waals surface area contributed by atoms with Gasteiger partial charge in [0.2, 0.25) is 0 Å². The van der Waals surface area contributed by atoms with Crippen molar-refractivity contribution in [2.75, 3.05) is 7.11 Å². The molecule has 0 aliphatic heterocycles. The molecule has 4 heteroatoms. The van der Waals surface area contributed by atoms with Crippen LogP contribution in [0.15, 0.2) is 36.4 Å². The predicted octanol–water partition coefficient (Wildman–Crippen LogP) is 2.76. The quantitative estimate of drug-likeness (QED) is 0.873. The second-order valence-electron chi connectivity index (χ2n) is 4.83. The molecule has 0 heterocycles. The zero-order chi connectivity index (χ0) is 14.7. The zero-order valence-electron chi connectivity index (χ0n) is 11.8. The number of rotatable bonds is 3. The minimum Gasteiger partial charge on any atom is -0.465 e. The van der Waals surface area contributed by atoms with Gasteiger partial charge in [0.05, 0.1) is 12.7 Å². The third-order valence-corrected chi connectivity index (χ3v) is 2.97. The van der Waals surface area contributed by atoms with E-state index in [4.69, 9.17) is 4.74 Å². The van der Waals surface area contributed by atoms with E-state index in [1.54, 1.807) is 24.3 Å². The van der Waals surface area contributed by atoms with Gasteiger partial charge in [0.1, 0.15) is 0 Å². The molecule has 0 fully saturated rings. The van der Waals surface area contributed by atoms with Crippen LogP contribution in [0.25, 0.3) is 10.8 Å². The highest BCUT2D eigenvalue weighted by atomic mass is 16.5. The maximum absolute atomic E-state index is 12.3. The first kappa shape index (κ1) is 14.1. The fourth-order valence-electron chi connectivity index (χ4n) is 2.15. The summed E-state index contributed by atoms with van der Waals surface area (Å²) in [6.45, 7) is 3.79. The van der Waals surface area contributed by atoms with E-state index in [2.05, 4.69) is 5.32 Å². The van der Waals surface area contributed by atoms with Crippen molar-refractivity contribution in [2.24, 2.45) is 0 Å². The molecule has 0 aliphatic rings. The van der Waals surface area contributed by atoms with Gasteiger partial charge in [-0.15, -0.1) is 0 Å². The largest absolute Gasteiger partial charge is 0.465 e. The monoisotopic (exact) mass is 271 g/mol. The van der Waals surface area contributed by atoms with Crippen molar-refractivity contribution in [1.29, 1.82) is 0 Å². The average Bonchev–Trinajstić information content (AvgIpc) is 2.44. The molecule has 1 amide bonds. The second-order valence-corrected chi connectivity index (χ2v) is 4.83. The number of benzene rings is 2. The van der Waals surface area contributed by atoms with Crippen LogP contribution in [0.2, 0.25) is 0 Å². The normalized spacial score (nSPS) is 10.6. The first-order valence-corrected chi connectivity index (χ1v) is 6.45. The number of esters is 1. The Morgan fingerprint density at radius 1 is 1.05 bits per heavy atom. The standard InChI is InChI=1S/C16H17NO3/c1-10(2)17-15(18)12-8-4-6-11-7-5-9-13(14(11)12)16(19)20-3/h4-10H,1-3H3,(H,17,18). The van der Waals surface area contributed by atoms with Crippen LogP contribution >= 0.6 is 0 Å². The van der Waals surface area contributed by atoms with Crippen LogP contribution in [-0.4, -0.2) is 25.0 Å². The minimum absolute atomic E-state index is 0.0306. The summed E-state index contributed by atoms with van der Waals surface area (Å²) in [5.41, 5.74) is 0.886. The van der Waals surface area contributed by atoms with E-state index < -0.39 is 5.97 Å². The number of carbonyl (C=O) groups excluding carboxylic acids is 2. The van der Waals surface area contributed by atoms with Gasteiger partial charge in [-0.3, -0.25) is 4.79 Å². The molecule has 2 rings (SSSR count). The lowest BCUT2D eigenvalue weighted by Crippen LogP contribution is -2.30. The van der Waals surface area contributed by atoms with E-state index in [-0.39, 0.29) is 11.9 Å². The van der Waals surface area contributed by atoms with Crippen LogP contribution < -0.4 is 5.32 Å². The number of nitrogens with one attached hydrogen (secondary N) is 1. The van der Waals surface area contributed by atoms with Crippen molar-refractivity contribution in [2.45, 2.75) is 19.9 Å². The van der Waals surface area contributed by atoms with E-state index in [9.17, 15) is 9.59 Å². The fraction of sp³-hybridized carbons (Fsp3) is 0.250. The van der Waals surface area contributed by atoms with Crippen LogP contribution in [0.5, 0.6) is 0 Å². The van der Waals surface area contributed by atoms with Crippen molar-refractivity contribution >= 4 is 22.6 Å². The van der Waals surface area contributed by atoms with Gasteiger partial charge < -0.3 is 10.1 Å². The molecule has 4 nitrogen and oxygen atoms in total. The van der Waals surface area contributed by atoms with Gasteiger partial charge in [-0.25, -0.2) is 4.79 Å². The van der Waals surface area contributed by atoms with Crippen LogP contribution in [0, 0.1) is 0 Å². The number of hydrogen-bond donors (Lipinski definition) is 1. The minimum atomic E-state index is -0.444. The Kier molecular flexibility index (Phi) is 4.03. The van der Waals surface area contributed by atoms with Gasteiger partial charge in [0.25, 0.3) is 5.91 Å². The molecule has 2 aromatic rings. The highest BCUT2D eigenvalue weighted by Gasteiger charge is 2.17. The summed E-state index contributed by atoms with van der Waals surface area (Å²) < 4.78 is 4.79. The molecule has 20 heavy (non-hydrogen) atoms. The van der Waals surface area contributed by atoms with Gasteiger partial charge in [0.15, 0.2) is 0 Å². The summed E-state index contributed by atoms with van der Waals surface area (Å²) in [6, 6.07) is 10.7. The number of hydrogen-bond acceptors (Lipinski definition) is 3. The smallest absolute Gasteiger partial charge is 0.338 e. The molecule has 0 aliphatic carbocycles. The Bertz CT molecular complexity index is 657. The molecule has 0 spiro atoms. The van der Waals surface area contributed by atoms with E-state index in [0.29, 0.717) is 16.5 Å². The molecule has 104 valence electrons. The van der Waals surface area contributed by atoms with Crippen LogP contribution in [0.1, 0.15) is 34.6 Å². The lowest BCUT2D eigenvalue weighted by atomic mass is 9.98. The number of carbonyl (C=O) groups is 2. The molecule has 0 radical (unpaired) electrons. The van der Waals surface area contributed by atoms with Gasteiger partial charge >= 0.3 is 5.97 Å². The second kappa shape index (κ2) is 5.74. The summed E-state index contributed by atoms with van der Waals surface area (Å²) in [7, 11) is 1.33. The highest BCUT2D eigenvalue weighted by molar-refractivity contribution is 6.14. The number of amides is 1. The van der Waals surface area contributed by atoms with E-state index in [0.717, 1.165) is 5.39 Å². The highest BCUT2D eigenvalue weighted by Crippen LogP contribution is 2.24. The van der Waals surface area contributed by atoms with Crippen molar-refractivity contribution in [3.63, 3.8) is 0 Å². The van der Waals surface area contributed by atoms with Gasteiger partial charge in [-0.2, -0.15) is 0 Å². The average molecular weight is 271 g/mol. The lowest BCUT2D eigenvalue weighted by molar-refractivity contribution is 0.0603. The molecular weight excluding hydrogens is 254 g/mol. The third kappa shape index (κ3) is 2.64. The molecule has 0 atom stereocenters. The Labute approximate surface area is 117 Å². The van der Waals surface area contributed by atoms with Crippen molar-refractivity contribution in [3.8, 4) is 0 Å². The lowest BCUT2D eigenvalue weighted by Gasteiger charge is -2.12. The Morgan fingerprint density at radius 3 is 2.20 bits per heavy atom. The molecule has 0 saturated heterocycles. The molecule has 0 aromatic heterocycles. The van der Waals surface area contributed by atoms with Crippen molar-refractivity contribution < 1.29 is 14.3 Å². The summed E-state index contributed by atoms with van der Waals surface area (Å²) in [5.74, 6) is -0.637. The first-order valence-electron chi connectivity index (χ1n) is 6.45. The number of ether oxygens (including phenoxy) is 1. The van der Waals surface area contributed by atoms with Gasteiger partial charge in [-0.1, -0.05) is 24.3 Å². The van der Waals surface area contributed by atoms with Crippen molar-refractivity contribution in [1.82, 2.24) is 5.32 Å². The van der Waals surface area contributed by atoms with Crippen LogP contribution in [0.3, 0.4) is 0 Å². The molecule has 0 saturated carbocycles. The molecular formula is C16H17NO3. The Hall–Kier alpha value is -2.36. The predicted molar refractivity (Wildman–Crippen MR) is 77.9 cm³/mol. The summed E-state index contributed by atoms with van der Waals surface area (Å²) >= 11 is 0. The molecule has 1 N–H and O–H groups in total. The van der Waals surface area contributed by atoms with Crippen LogP contribution in [-0.2, 0) is 4.74 Å². The SMILES string of the molecule is COC(=O)c1cccc2cccc(C(=O)NC(C)C)c12. The third-order valence-electron chi connectivity index (χ3n) is 2.97. The summed E-state index contributed by atoms with van der Waals surface area (Å²) in [5, 5.41) is 4.31. The van der Waals surface area contributed by atoms with Gasteiger partial charge in [-0.05, 0) is 31.4 Å². The van der Waals surface area contributed by atoms with E-state index >= 15 is 0 Å². The first-order chi connectivity index (χ1) is 9.54. The van der Waals surface area contributed by atoms with E-state index in [1.165, 1.54) is 7.11 Å². The number of methoxy groups -OCH3 is 1. The molecule has 0 unspecified atom stereocenters. The van der Waals surface area contributed by atoms with Gasteiger partial charge in [0, 0.05) is 17.0 Å². The van der Waals surface area contributed by atoms with Crippen molar-refractivity contribution in [3.05, 3.63) is 47.5 Å². The topological polar surface area (TPSA) is 55.4 Å². The molecule has 2 aromatic carbocycles. The maximum atomic E-state index is 12.3. The zero-order valence-corrected chi connectivity index (χ0v) is 11.8. The number of fused-ring (bicyclic) bond motifs is 1. The fourth-order valence-corrected chi connectivity index (χ4v) is 2.15. The summed E-state index contributed by atoms with van der Waals surface area (Å²) in [6.07, 6.45) is 0. The Morgan fingerprint density at radius 2 is 1.65 bits per heavy atom. The summed E-state index contributed by atoms with van der Waals surface area (Å²) in [4.78, 5) is 24.1. The Balaban J connectivity index is 2.66. The van der Waals surface area contributed by atoms with E-state index in [1.807, 2.05) is 26.0 Å². The molecule has 0 bridgehead atoms. The van der Waals surface area contributed by atoms with Crippen LogP contribution in [0.4, 0.5) is 0 Å².